The first-order valence-electron chi connectivity index (χ1n) is 6.44. The van der Waals surface area contributed by atoms with Crippen LogP contribution in [0.2, 0.25) is 0 Å². The molecule has 0 atom stereocenters. The van der Waals surface area contributed by atoms with Crippen molar-refractivity contribution in [2.24, 2.45) is 0 Å². The Kier molecular flexibility index (Phi) is 4.17. The second kappa shape index (κ2) is 6.03. The summed E-state index contributed by atoms with van der Waals surface area (Å²) in [4.78, 5) is 12.1. The maximum atomic E-state index is 12.1. The number of carbonyl (C=O) groups excluding carboxylic acids is 1. The molecule has 0 radical (unpaired) electrons. The summed E-state index contributed by atoms with van der Waals surface area (Å²) < 4.78 is 0. The lowest BCUT2D eigenvalue weighted by molar-refractivity contribution is -0.115. The zero-order valence-electron chi connectivity index (χ0n) is 11.6. The molecule has 0 aliphatic carbocycles. The van der Waals surface area contributed by atoms with Crippen LogP contribution in [0.15, 0.2) is 42.5 Å². The number of hydrogen-bond acceptors (Lipinski definition) is 2. The summed E-state index contributed by atoms with van der Waals surface area (Å²) >= 11 is 0. The fraction of sp³-hybridized carbons (Fsp3) is 0.176. The second-order valence-corrected chi connectivity index (χ2v) is 4.85. The summed E-state index contributed by atoms with van der Waals surface area (Å²) in [7, 11) is 0. The third kappa shape index (κ3) is 3.46. The average molecular weight is 264 g/mol. The SMILES string of the molecule is Cc1ccc(C)c(CC(=O)Nc2cccc(C#N)c2)c1. The van der Waals surface area contributed by atoms with Crippen molar-refractivity contribution in [3.63, 3.8) is 0 Å². The minimum absolute atomic E-state index is 0.0752. The van der Waals surface area contributed by atoms with E-state index in [2.05, 4.69) is 11.4 Å². The number of nitriles is 1. The highest BCUT2D eigenvalue weighted by molar-refractivity contribution is 5.92. The molecule has 0 aromatic heterocycles. The van der Waals surface area contributed by atoms with E-state index in [0.717, 1.165) is 16.7 Å². The Labute approximate surface area is 118 Å². The Morgan fingerprint density at radius 1 is 1.20 bits per heavy atom. The number of aryl methyl sites for hydroxylation is 2. The lowest BCUT2D eigenvalue weighted by atomic mass is 10.0. The van der Waals surface area contributed by atoms with Crippen molar-refractivity contribution in [3.8, 4) is 6.07 Å². The largest absolute Gasteiger partial charge is 0.326 e. The number of hydrogen-bond donors (Lipinski definition) is 1. The molecule has 0 bridgehead atoms. The lowest BCUT2D eigenvalue weighted by Crippen LogP contribution is -2.15. The molecular formula is C17H16N2O. The van der Waals surface area contributed by atoms with Crippen LogP contribution in [-0.4, -0.2) is 5.91 Å². The first-order chi connectivity index (χ1) is 9.58. The molecule has 2 aromatic carbocycles. The molecule has 0 aliphatic heterocycles. The van der Waals surface area contributed by atoms with Crippen LogP contribution in [0.1, 0.15) is 22.3 Å². The van der Waals surface area contributed by atoms with E-state index in [9.17, 15) is 4.79 Å². The van der Waals surface area contributed by atoms with E-state index in [1.165, 1.54) is 0 Å². The first kappa shape index (κ1) is 13.8. The molecule has 0 spiro atoms. The highest BCUT2D eigenvalue weighted by atomic mass is 16.1. The quantitative estimate of drug-likeness (QED) is 0.924. The Morgan fingerprint density at radius 3 is 2.75 bits per heavy atom. The van der Waals surface area contributed by atoms with Crippen LogP contribution in [0.5, 0.6) is 0 Å². The molecule has 1 amide bonds. The molecule has 1 N–H and O–H groups in total. The smallest absolute Gasteiger partial charge is 0.228 e. The molecule has 2 rings (SSSR count). The monoisotopic (exact) mass is 264 g/mol. The van der Waals surface area contributed by atoms with Crippen LogP contribution in [-0.2, 0) is 11.2 Å². The van der Waals surface area contributed by atoms with Crippen LogP contribution >= 0.6 is 0 Å². The van der Waals surface area contributed by atoms with Crippen LogP contribution in [0.3, 0.4) is 0 Å². The Morgan fingerprint density at radius 2 is 2.00 bits per heavy atom. The minimum Gasteiger partial charge on any atom is -0.326 e. The second-order valence-electron chi connectivity index (χ2n) is 4.85. The third-order valence-electron chi connectivity index (χ3n) is 3.13. The number of rotatable bonds is 3. The van der Waals surface area contributed by atoms with Crippen molar-refractivity contribution in [2.75, 3.05) is 5.32 Å². The molecule has 0 unspecified atom stereocenters. The molecule has 0 saturated carbocycles. The highest BCUT2D eigenvalue weighted by Crippen LogP contribution is 2.14. The van der Waals surface area contributed by atoms with Gasteiger partial charge < -0.3 is 5.32 Å². The van der Waals surface area contributed by atoms with E-state index in [-0.39, 0.29) is 5.91 Å². The van der Waals surface area contributed by atoms with E-state index < -0.39 is 0 Å². The topological polar surface area (TPSA) is 52.9 Å². The van der Waals surface area contributed by atoms with E-state index in [4.69, 9.17) is 5.26 Å². The van der Waals surface area contributed by atoms with Gasteiger partial charge in [-0.3, -0.25) is 4.79 Å². The van der Waals surface area contributed by atoms with E-state index in [1.54, 1.807) is 24.3 Å². The fourth-order valence-electron chi connectivity index (χ4n) is 2.04. The number of carbonyl (C=O) groups is 1. The summed E-state index contributed by atoms with van der Waals surface area (Å²) in [6, 6.07) is 15.1. The van der Waals surface area contributed by atoms with Crippen LogP contribution in [0.4, 0.5) is 5.69 Å². The van der Waals surface area contributed by atoms with Gasteiger partial charge in [0.1, 0.15) is 0 Å². The van der Waals surface area contributed by atoms with Crippen molar-refractivity contribution in [3.05, 3.63) is 64.7 Å². The number of nitrogens with zero attached hydrogens (tertiary/aromatic N) is 1. The maximum Gasteiger partial charge on any atom is 0.228 e. The van der Waals surface area contributed by atoms with Gasteiger partial charge >= 0.3 is 0 Å². The number of nitrogens with one attached hydrogen (secondary N) is 1. The lowest BCUT2D eigenvalue weighted by Gasteiger charge is -2.08. The summed E-state index contributed by atoms with van der Waals surface area (Å²) in [5.74, 6) is -0.0752. The van der Waals surface area contributed by atoms with Gasteiger partial charge in [-0.05, 0) is 43.2 Å². The molecule has 100 valence electrons. The average Bonchev–Trinajstić information content (AvgIpc) is 2.43. The Hall–Kier alpha value is -2.60. The zero-order valence-corrected chi connectivity index (χ0v) is 11.6. The van der Waals surface area contributed by atoms with Gasteiger partial charge in [-0.25, -0.2) is 0 Å². The highest BCUT2D eigenvalue weighted by Gasteiger charge is 2.07. The summed E-state index contributed by atoms with van der Waals surface area (Å²) in [6.07, 6.45) is 0.338. The van der Waals surface area contributed by atoms with Gasteiger partial charge in [0.2, 0.25) is 5.91 Å². The van der Waals surface area contributed by atoms with Crippen molar-refractivity contribution >= 4 is 11.6 Å². The predicted molar refractivity (Wildman–Crippen MR) is 79.4 cm³/mol. The Balaban J connectivity index is 2.09. The van der Waals surface area contributed by atoms with Crippen molar-refractivity contribution in [1.82, 2.24) is 0 Å². The maximum absolute atomic E-state index is 12.1. The molecule has 0 heterocycles. The normalized spacial score (nSPS) is 9.85. The summed E-state index contributed by atoms with van der Waals surface area (Å²) in [5, 5.41) is 11.7. The molecule has 2 aromatic rings. The van der Waals surface area contributed by atoms with Gasteiger partial charge in [0.15, 0.2) is 0 Å². The number of amides is 1. The van der Waals surface area contributed by atoms with Crippen LogP contribution in [0, 0.1) is 25.2 Å². The fourth-order valence-corrected chi connectivity index (χ4v) is 2.04. The number of benzene rings is 2. The summed E-state index contributed by atoms with van der Waals surface area (Å²) in [6.45, 7) is 4.01. The van der Waals surface area contributed by atoms with E-state index in [1.807, 2.05) is 32.0 Å². The predicted octanol–water partition coefficient (Wildman–Crippen LogP) is 3.36. The Bertz CT molecular complexity index is 684. The number of anilines is 1. The standard InChI is InChI=1S/C17H16N2O/c1-12-6-7-13(2)15(8-12)10-17(20)19-16-5-3-4-14(9-16)11-18/h3-9H,10H2,1-2H3,(H,19,20). The van der Waals surface area contributed by atoms with Gasteiger partial charge in [0.25, 0.3) is 0 Å². The van der Waals surface area contributed by atoms with Crippen LogP contribution in [0.25, 0.3) is 0 Å². The first-order valence-corrected chi connectivity index (χ1v) is 6.44. The van der Waals surface area contributed by atoms with Gasteiger partial charge in [0.05, 0.1) is 18.1 Å². The molecule has 0 saturated heterocycles. The molecule has 0 aliphatic rings. The van der Waals surface area contributed by atoms with E-state index >= 15 is 0 Å². The van der Waals surface area contributed by atoms with Gasteiger partial charge in [-0.2, -0.15) is 5.26 Å². The van der Waals surface area contributed by atoms with Gasteiger partial charge in [-0.15, -0.1) is 0 Å². The third-order valence-corrected chi connectivity index (χ3v) is 3.13. The molecule has 0 fully saturated rings. The van der Waals surface area contributed by atoms with Gasteiger partial charge in [-0.1, -0.05) is 29.8 Å². The summed E-state index contributed by atoms with van der Waals surface area (Å²) in [5.41, 5.74) is 4.47. The van der Waals surface area contributed by atoms with Crippen molar-refractivity contribution in [2.45, 2.75) is 20.3 Å². The van der Waals surface area contributed by atoms with Crippen LogP contribution < -0.4 is 5.32 Å². The molecule has 3 heteroatoms. The molecule has 20 heavy (non-hydrogen) atoms. The van der Waals surface area contributed by atoms with Gasteiger partial charge in [0, 0.05) is 5.69 Å². The minimum atomic E-state index is -0.0752. The molecule has 3 nitrogen and oxygen atoms in total. The zero-order chi connectivity index (χ0) is 14.5. The van der Waals surface area contributed by atoms with Crippen molar-refractivity contribution < 1.29 is 4.79 Å². The van der Waals surface area contributed by atoms with Crippen molar-refractivity contribution in [1.29, 1.82) is 5.26 Å². The van der Waals surface area contributed by atoms with E-state index in [0.29, 0.717) is 17.7 Å². The molecular weight excluding hydrogens is 248 g/mol.